The molecule has 0 aliphatic carbocycles. The number of carbonyl (C=O) groups is 1. The zero-order chi connectivity index (χ0) is 7.11. The molecule has 0 bridgehead atoms. The van der Waals surface area contributed by atoms with Crippen LogP contribution in [0.15, 0.2) is 0 Å². The molecule has 0 heterocycles. The van der Waals surface area contributed by atoms with Crippen molar-refractivity contribution in [3.63, 3.8) is 0 Å². The first-order valence-corrected chi connectivity index (χ1v) is 2.70. The van der Waals surface area contributed by atoms with Crippen LogP contribution in [0.5, 0.6) is 0 Å². The molecule has 0 radical (unpaired) electrons. The molecule has 0 spiro atoms. The van der Waals surface area contributed by atoms with Crippen LogP contribution >= 0.6 is 0 Å². The standard InChI is InChI=1S/C5H12N2O2/c1-6-5(8)7-3-4-9-2/h1,3-4,6H2,2H3,(H,7,8). The molecule has 54 valence electrons. The summed E-state index contributed by atoms with van der Waals surface area (Å²) in [7, 11) is 4.87. The maximum Gasteiger partial charge on any atom is 0.387 e. The van der Waals surface area contributed by atoms with Crippen molar-refractivity contribution in [1.82, 2.24) is 5.32 Å². The third kappa shape index (κ3) is 5.26. The van der Waals surface area contributed by atoms with Crippen LogP contribution in [-0.4, -0.2) is 26.3 Å². The summed E-state index contributed by atoms with van der Waals surface area (Å²) < 4.78 is 4.69. The van der Waals surface area contributed by atoms with Crippen molar-refractivity contribution in [2.75, 3.05) is 20.3 Å². The molecular weight excluding hydrogens is 120 g/mol. The number of quaternary nitrogens is 1. The van der Waals surface area contributed by atoms with Gasteiger partial charge in [-0.25, -0.2) is 4.79 Å². The van der Waals surface area contributed by atoms with E-state index in [4.69, 9.17) is 0 Å². The fraction of sp³-hybridized carbons (Fsp3) is 0.600. The summed E-state index contributed by atoms with van der Waals surface area (Å²) in [5.74, 6) is 0. The van der Waals surface area contributed by atoms with Crippen LogP contribution in [0.1, 0.15) is 0 Å². The van der Waals surface area contributed by atoms with Gasteiger partial charge in [-0.15, -0.1) is 7.05 Å². The van der Waals surface area contributed by atoms with Gasteiger partial charge in [0.15, 0.2) is 0 Å². The third-order valence-corrected chi connectivity index (χ3v) is 0.791. The van der Waals surface area contributed by atoms with Crippen molar-refractivity contribution in [2.45, 2.75) is 0 Å². The lowest BCUT2D eigenvalue weighted by Crippen LogP contribution is -2.84. The molecule has 0 fully saturated rings. The Hall–Kier alpha value is -0.610. The van der Waals surface area contributed by atoms with Crippen molar-refractivity contribution in [1.29, 1.82) is 0 Å². The van der Waals surface area contributed by atoms with Crippen LogP contribution in [0, 0.1) is 7.05 Å². The molecule has 0 saturated carbocycles. The molecule has 0 aliphatic heterocycles. The smallest absolute Gasteiger partial charge is 0.387 e. The second-order valence-corrected chi connectivity index (χ2v) is 1.49. The maximum atomic E-state index is 10.4. The fourth-order valence-electron chi connectivity index (χ4n) is 0.348. The van der Waals surface area contributed by atoms with Crippen molar-refractivity contribution < 1.29 is 14.8 Å². The van der Waals surface area contributed by atoms with Gasteiger partial charge < -0.3 is 15.4 Å². The maximum absolute atomic E-state index is 10.4. The first kappa shape index (κ1) is 8.39. The highest BCUT2D eigenvalue weighted by Crippen LogP contribution is 1.61. The van der Waals surface area contributed by atoms with Gasteiger partial charge >= 0.3 is 6.03 Å². The van der Waals surface area contributed by atoms with Crippen LogP contribution in [0.3, 0.4) is 0 Å². The van der Waals surface area contributed by atoms with Crippen molar-refractivity contribution in [3.8, 4) is 0 Å². The van der Waals surface area contributed by atoms with E-state index in [0.717, 1.165) is 0 Å². The molecule has 0 rings (SSSR count). The van der Waals surface area contributed by atoms with Crippen molar-refractivity contribution in [2.24, 2.45) is 0 Å². The van der Waals surface area contributed by atoms with Crippen LogP contribution in [0.25, 0.3) is 0 Å². The van der Waals surface area contributed by atoms with Crippen LogP contribution in [-0.2, 0) is 4.74 Å². The van der Waals surface area contributed by atoms with E-state index < -0.39 is 0 Å². The van der Waals surface area contributed by atoms with E-state index in [1.807, 2.05) is 0 Å². The van der Waals surface area contributed by atoms with Gasteiger partial charge in [-0.1, -0.05) is 0 Å². The Bertz CT molecular complexity index is 85.0. The number of rotatable bonds is 3. The molecule has 4 heteroatoms. The minimum absolute atomic E-state index is 0.160. The van der Waals surface area contributed by atoms with E-state index in [2.05, 4.69) is 17.1 Å². The van der Waals surface area contributed by atoms with Gasteiger partial charge in [-0.05, 0) is 0 Å². The van der Waals surface area contributed by atoms with E-state index in [0.29, 0.717) is 13.2 Å². The number of ether oxygens (including phenoxy) is 1. The Morgan fingerprint density at radius 1 is 1.89 bits per heavy atom. The number of amides is 2. The lowest BCUT2D eigenvalue weighted by molar-refractivity contribution is -0.490. The Kier molecular flexibility index (Phi) is 5.15. The Morgan fingerprint density at radius 2 is 2.56 bits per heavy atom. The molecule has 0 aromatic rings. The Balaban J connectivity index is 2.97. The summed E-state index contributed by atoms with van der Waals surface area (Å²) in [5.41, 5.74) is 0. The molecule has 0 saturated heterocycles. The summed E-state index contributed by atoms with van der Waals surface area (Å²) in [6, 6.07) is -0.160. The first-order valence-electron chi connectivity index (χ1n) is 2.70. The van der Waals surface area contributed by atoms with Crippen LogP contribution < -0.4 is 10.6 Å². The van der Waals surface area contributed by atoms with Gasteiger partial charge in [0.05, 0.1) is 6.61 Å². The third-order valence-electron chi connectivity index (χ3n) is 0.791. The second-order valence-electron chi connectivity index (χ2n) is 1.49. The predicted molar refractivity (Wildman–Crippen MR) is 32.6 cm³/mol. The van der Waals surface area contributed by atoms with E-state index >= 15 is 0 Å². The van der Waals surface area contributed by atoms with Crippen molar-refractivity contribution >= 4 is 6.03 Å². The van der Waals surface area contributed by atoms with Gasteiger partial charge in [0.2, 0.25) is 0 Å². The van der Waals surface area contributed by atoms with Crippen molar-refractivity contribution in [3.05, 3.63) is 7.05 Å². The molecule has 9 heavy (non-hydrogen) atoms. The number of nitrogens with one attached hydrogen (secondary N) is 1. The minimum atomic E-state index is -0.160. The fourth-order valence-corrected chi connectivity index (χ4v) is 0.348. The zero-order valence-electron chi connectivity index (χ0n) is 5.52. The Labute approximate surface area is 54.6 Å². The number of methoxy groups -OCH3 is 1. The summed E-state index contributed by atoms with van der Waals surface area (Å²) in [4.78, 5) is 10.4. The van der Waals surface area contributed by atoms with Gasteiger partial charge in [-0.2, -0.15) is 0 Å². The second kappa shape index (κ2) is 5.53. The highest BCUT2D eigenvalue weighted by molar-refractivity contribution is 5.62. The summed E-state index contributed by atoms with van der Waals surface area (Å²) in [5, 5.41) is 3.78. The van der Waals surface area contributed by atoms with Gasteiger partial charge in [0, 0.05) is 13.7 Å². The molecule has 0 aromatic carbocycles. The molecule has 4 nitrogen and oxygen atoms in total. The van der Waals surface area contributed by atoms with Gasteiger partial charge in [0.25, 0.3) is 0 Å². The number of hydrogen-bond donors (Lipinski definition) is 2. The van der Waals surface area contributed by atoms with E-state index in [1.54, 1.807) is 7.11 Å². The number of primary amides is 1. The number of urea groups is 1. The molecule has 0 aromatic heterocycles. The highest BCUT2D eigenvalue weighted by Gasteiger charge is 1.93. The lowest BCUT2D eigenvalue weighted by atomic mass is 10.7. The lowest BCUT2D eigenvalue weighted by Gasteiger charge is -2.00. The largest absolute Gasteiger partial charge is 0.395 e. The average molecular weight is 132 g/mol. The molecular formula is C5H12N2O2. The predicted octanol–water partition coefficient (Wildman–Crippen LogP) is -1.30. The summed E-state index contributed by atoms with van der Waals surface area (Å²) in [6.45, 7) is 1.08. The highest BCUT2D eigenvalue weighted by atomic mass is 16.5. The molecule has 2 amide bonds. The Morgan fingerprint density at radius 3 is 3.00 bits per heavy atom. The van der Waals surface area contributed by atoms with E-state index in [9.17, 15) is 4.79 Å². The molecule has 0 aliphatic rings. The van der Waals surface area contributed by atoms with Gasteiger partial charge in [0.1, 0.15) is 0 Å². The topological polar surface area (TPSA) is 54.9 Å². The summed E-state index contributed by atoms with van der Waals surface area (Å²) >= 11 is 0. The number of hydrogen-bond acceptors (Lipinski definition) is 2. The number of carbonyl (C=O) groups excluding carboxylic acids is 1. The molecule has 3 N–H and O–H groups in total. The number of nitrogens with two attached hydrogens (primary N) is 1. The SMILES string of the molecule is [CH2-][NH2+]C(=O)NCCOC. The summed E-state index contributed by atoms with van der Waals surface area (Å²) in [6.07, 6.45) is 0. The van der Waals surface area contributed by atoms with Crippen LogP contribution in [0.4, 0.5) is 4.79 Å². The normalized spacial score (nSPS) is 9.11. The first-order chi connectivity index (χ1) is 4.31. The van der Waals surface area contributed by atoms with Gasteiger partial charge in [-0.3, -0.25) is 0 Å². The quantitative estimate of drug-likeness (QED) is 0.370. The van der Waals surface area contributed by atoms with Crippen LogP contribution in [0.2, 0.25) is 0 Å². The van der Waals surface area contributed by atoms with E-state index in [-0.39, 0.29) is 6.03 Å². The minimum Gasteiger partial charge on any atom is -0.395 e. The zero-order valence-corrected chi connectivity index (χ0v) is 5.52. The molecule has 0 unspecified atom stereocenters. The monoisotopic (exact) mass is 132 g/mol. The average Bonchev–Trinajstić information content (AvgIpc) is 1.89. The molecule has 0 atom stereocenters. The van der Waals surface area contributed by atoms with E-state index in [1.165, 1.54) is 5.32 Å².